The summed E-state index contributed by atoms with van der Waals surface area (Å²) in [6.45, 7) is 0. The minimum Gasteiger partial charge on any atom is -0.452 e. The van der Waals surface area contributed by atoms with Crippen LogP contribution in [0.1, 0.15) is 10.4 Å². The lowest BCUT2D eigenvalue weighted by Gasteiger charge is -2.10. The minimum absolute atomic E-state index is 0.0586. The molecule has 0 fully saturated rings. The van der Waals surface area contributed by atoms with Crippen LogP contribution < -0.4 is 15.8 Å². The highest BCUT2D eigenvalue weighted by atomic mass is 19.1. The van der Waals surface area contributed by atoms with Crippen LogP contribution in [0.5, 0.6) is 11.5 Å². The zero-order valence-corrected chi connectivity index (χ0v) is 10.3. The van der Waals surface area contributed by atoms with Crippen molar-refractivity contribution in [2.45, 2.75) is 0 Å². The number of ether oxygens (including phenoxy) is 1. The Hall–Kier alpha value is -2.56. The molecule has 4 nitrogen and oxygen atoms in total. The van der Waals surface area contributed by atoms with Crippen LogP contribution >= 0.6 is 0 Å². The van der Waals surface area contributed by atoms with Gasteiger partial charge in [-0.3, -0.25) is 4.79 Å². The summed E-state index contributed by atoms with van der Waals surface area (Å²) in [6, 6.07) is 10.6. The van der Waals surface area contributed by atoms with Crippen molar-refractivity contribution in [2.24, 2.45) is 0 Å². The van der Waals surface area contributed by atoms with Crippen LogP contribution in [-0.2, 0) is 0 Å². The minimum atomic E-state index is -0.493. The Labute approximate surface area is 110 Å². The zero-order valence-electron chi connectivity index (χ0n) is 10.3. The van der Waals surface area contributed by atoms with Crippen molar-refractivity contribution >= 4 is 11.6 Å². The normalized spacial score (nSPS) is 10.0. The molecule has 0 bridgehead atoms. The number of rotatable bonds is 3. The highest BCUT2D eigenvalue weighted by Crippen LogP contribution is 2.29. The highest BCUT2D eigenvalue weighted by molar-refractivity contribution is 5.95. The summed E-state index contributed by atoms with van der Waals surface area (Å²) in [4.78, 5) is 11.5. The molecule has 0 aliphatic rings. The monoisotopic (exact) mass is 260 g/mol. The Morgan fingerprint density at radius 3 is 2.63 bits per heavy atom. The van der Waals surface area contributed by atoms with Crippen LogP contribution in [0.2, 0.25) is 0 Å². The Balaban J connectivity index is 2.34. The molecule has 2 aromatic carbocycles. The summed E-state index contributed by atoms with van der Waals surface area (Å²) in [7, 11) is 1.52. The van der Waals surface area contributed by atoms with E-state index in [1.165, 1.54) is 25.2 Å². The first-order valence-electron chi connectivity index (χ1n) is 5.66. The van der Waals surface area contributed by atoms with Gasteiger partial charge in [-0.2, -0.15) is 0 Å². The summed E-state index contributed by atoms with van der Waals surface area (Å²) >= 11 is 0. The Morgan fingerprint density at radius 1 is 1.21 bits per heavy atom. The summed E-state index contributed by atoms with van der Waals surface area (Å²) in [5.74, 6) is -0.458. The average molecular weight is 260 g/mol. The number of para-hydroxylation sites is 1. The second-order valence-electron chi connectivity index (χ2n) is 3.86. The quantitative estimate of drug-likeness (QED) is 0.833. The van der Waals surface area contributed by atoms with E-state index < -0.39 is 5.82 Å². The summed E-state index contributed by atoms with van der Waals surface area (Å²) in [5.41, 5.74) is 6.47. The maximum atomic E-state index is 13.5. The summed E-state index contributed by atoms with van der Waals surface area (Å²) in [6.07, 6.45) is 0. The lowest BCUT2D eigenvalue weighted by molar-refractivity contribution is 0.0963. The van der Waals surface area contributed by atoms with Gasteiger partial charge in [0.15, 0.2) is 17.3 Å². The maximum Gasteiger partial charge on any atom is 0.251 e. The molecule has 0 atom stereocenters. The lowest BCUT2D eigenvalue weighted by Crippen LogP contribution is -2.17. The Morgan fingerprint density at radius 2 is 1.95 bits per heavy atom. The fourth-order valence-electron chi connectivity index (χ4n) is 1.55. The number of nitrogen functional groups attached to an aromatic ring is 1. The molecule has 0 saturated heterocycles. The molecule has 2 rings (SSSR count). The van der Waals surface area contributed by atoms with Crippen molar-refractivity contribution in [1.82, 2.24) is 5.32 Å². The van der Waals surface area contributed by atoms with Gasteiger partial charge in [-0.25, -0.2) is 4.39 Å². The first-order chi connectivity index (χ1) is 9.11. The molecule has 0 aromatic heterocycles. The number of carbonyl (C=O) groups is 1. The third-order valence-corrected chi connectivity index (χ3v) is 2.56. The number of anilines is 1. The number of halogens is 1. The number of nitrogens with two attached hydrogens (primary N) is 1. The van der Waals surface area contributed by atoms with Crippen LogP contribution in [-0.4, -0.2) is 13.0 Å². The predicted molar refractivity (Wildman–Crippen MR) is 70.7 cm³/mol. The molecule has 1 amide bonds. The highest BCUT2D eigenvalue weighted by Gasteiger charge is 2.10. The molecular weight excluding hydrogens is 247 g/mol. The van der Waals surface area contributed by atoms with Crippen molar-refractivity contribution in [3.05, 3.63) is 53.8 Å². The van der Waals surface area contributed by atoms with Gasteiger partial charge in [-0.05, 0) is 30.3 Å². The third kappa shape index (κ3) is 2.82. The number of hydrogen-bond acceptors (Lipinski definition) is 3. The van der Waals surface area contributed by atoms with E-state index in [2.05, 4.69) is 5.32 Å². The van der Waals surface area contributed by atoms with Crippen LogP contribution in [0.3, 0.4) is 0 Å². The smallest absolute Gasteiger partial charge is 0.251 e. The maximum absolute atomic E-state index is 13.5. The second-order valence-corrected chi connectivity index (χ2v) is 3.86. The Kier molecular flexibility index (Phi) is 3.66. The van der Waals surface area contributed by atoms with Gasteiger partial charge < -0.3 is 15.8 Å². The third-order valence-electron chi connectivity index (χ3n) is 2.56. The fraction of sp³-hybridized carbons (Fsp3) is 0.0714. The number of hydrogen-bond donors (Lipinski definition) is 2. The van der Waals surface area contributed by atoms with E-state index in [4.69, 9.17) is 10.5 Å². The molecule has 0 heterocycles. The average Bonchev–Trinajstić information content (AvgIpc) is 2.42. The first-order valence-corrected chi connectivity index (χ1v) is 5.66. The molecule has 2 aromatic rings. The van der Waals surface area contributed by atoms with E-state index in [0.717, 1.165) is 0 Å². The molecule has 0 aliphatic carbocycles. The van der Waals surface area contributed by atoms with Gasteiger partial charge in [0.05, 0.1) is 5.69 Å². The molecule has 19 heavy (non-hydrogen) atoms. The van der Waals surface area contributed by atoms with E-state index in [0.29, 0.717) is 11.3 Å². The van der Waals surface area contributed by atoms with Gasteiger partial charge in [0, 0.05) is 12.6 Å². The van der Waals surface area contributed by atoms with Gasteiger partial charge in [-0.15, -0.1) is 0 Å². The molecule has 0 spiro atoms. The predicted octanol–water partition coefficient (Wildman–Crippen LogP) is 2.56. The van der Waals surface area contributed by atoms with Crippen LogP contribution in [0.4, 0.5) is 10.1 Å². The standard InChI is InChI=1S/C14H13FN2O2/c1-17-14(18)9-6-7-11(16)13(8-9)19-12-5-3-2-4-10(12)15/h2-8H,16H2,1H3,(H,17,18). The number of nitrogens with one attached hydrogen (secondary N) is 1. The van der Waals surface area contributed by atoms with Crippen molar-refractivity contribution < 1.29 is 13.9 Å². The van der Waals surface area contributed by atoms with Crippen molar-refractivity contribution in [3.63, 3.8) is 0 Å². The van der Waals surface area contributed by atoms with E-state index in [9.17, 15) is 9.18 Å². The molecule has 0 radical (unpaired) electrons. The number of amides is 1. The largest absolute Gasteiger partial charge is 0.452 e. The zero-order chi connectivity index (χ0) is 13.8. The molecule has 0 unspecified atom stereocenters. The Bertz CT molecular complexity index is 614. The van der Waals surface area contributed by atoms with Gasteiger partial charge in [-0.1, -0.05) is 12.1 Å². The molecule has 0 aliphatic heterocycles. The molecule has 0 saturated carbocycles. The van der Waals surface area contributed by atoms with Gasteiger partial charge in [0.2, 0.25) is 0 Å². The van der Waals surface area contributed by atoms with Crippen LogP contribution in [0.15, 0.2) is 42.5 Å². The van der Waals surface area contributed by atoms with Crippen LogP contribution in [0, 0.1) is 5.82 Å². The lowest BCUT2D eigenvalue weighted by atomic mass is 10.2. The second kappa shape index (κ2) is 5.39. The summed E-state index contributed by atoms with van der Waals surface area (Å²) < 4.78 is 18.9. The first kappa shape index (κ1) is 12.9. The van der Waals surface area contributed by atoms with Crippen molar-refractivity contribution in [2.75, 3.05) is 12.8 Å². The van der Waals surface area contributed by atoms with E-state index in [1.54, 1.807) is 24.3 Å². The number of benzene rings is 2. The van der Waals surface area contributed by atoms with E-state index in [1.807, 2.05) is 0 Å². The van der Waals surface area contributed by atoms with Gasteiger partial charge in [0.25, 0.3) is 5.91 Å². The van der Waals surface area contributed by atoms with Gasteiger partial charge in [0.1, 0.15) is 0 Å². The van der Waals surface area contributed by atoms with Crippen LogP contribution in [0.25, 0.3) is 0 Å². The number of carbonyl (C=O) groups excluding carboxylic acids is 1. The molecular formula is C14H13FN2O2. The SMILES string of the molecule is CNC(=O)c1ccc(N)c(Oc2ccccc2F)c1. The van der Waals surface area contributed by atoms with E-state index in [-0.39, 0.29) is 17.4 Å². The molecule has 5 heteroatoms. The molecule has 3 N–H and O–H groups in total. The summed E-state index contributed by atoms with van der Waals surface area (Å²) in [5, 5.41) is 2.49. The van der Waals surface area contributed by atoms with Gasteiger partial charge >= 0.3 is 0 Å². The molecule has 98 valence electrons. The van der Waals surface area contributed by atoms with Crippen molar-refractivity contribution in [1.29, 1.82) is 0 Å². The van der Waals surface area contributed by atoms with Crippen molar-refractivity contribution in [3.8, 4) is 11.5 Å². The van der Waals surface area contributed by atoms with E-state index >= 15 is 0 Å². The fourth-order valence-corrected chi connectivity index (χ4v) is 1.55. The topological polar surface area (TPSA) is 64.4 Å².